The molecule has 0 aliphatic carbocycles. The first kappa shape index (κ1) is 22.4. The Labute approximate surface area is 194 Å². The standard InChI is InChI=1S/C27H28N4O2/c1-2-12-30-26(33)27(10-15-31(16-11-27)25(32)24-9-5-14-29-20-24)18-21-6-3-7-22(17-21)23-8-4-13-28-19-23/h2-9,13-14,17,19-20H,1,10-12,15-16,18H2,(H,30,33). The topological polar surface area (TPSA) is 75.2 Å². The highest BCUT2D eigenvalue weighted by Crippen LogP contribution is 2.37. The van der Waals surface area contributed by atoms with Gasteiger partial charge in [-0.2, -0.15) is 0 Å². The lowest BCUT2D eigenvalue weighted by atomic mass is 9.72. The van der Waals surface area contributed by atoms with E-state index < -0.39 is 5.41 Å². The molecule has 2 aromatic heterocycles. The zero-order valence-corrected chi connectivity index (χ0v) is 18.6. The van der Waals surface area contributed by atoms with Gasteiger partial charge in [0.15, 0.2) is 0 Å². The van der Waals surface area contributed by atoms with E-state index in [-0.39, 0.29) is 11.8 Å². The number of hydrogen-bond acceptors (Lipinski definition) is 4. The normalized spacial score (nSPS) is 15.0. The molecule has 1 N–H and O–H groups in total. The lowest BCUT2D eigenvalue weighted by molar-refractivity contribution is -0.133. The Kier molecular flexibility index (Phi) is 6.93. The molecule has 0 unspecified atom stereocenters. The maximum Gasteiger partial charge on any atom is 0.255 e. The van der Waals surface area contributed by atoms with Gasteiger partial charge in [-0.15, -0.1) is 6.58 Å². The number of rotatable bonds is 7. The number of aromatic nitrogens is 2. The number of amides is 2. The summed E-state index contributed by atoms with van der Waals surface area (Å²) in [5.41, 5.74) is 3.21. The third kappa shape index (κ3) is 5.17. The average molecular weight is 441 g/mol. The highest BCUT2D eigenvalue weighted by molar-refractivity contribution is 5.94. The molecule has 1 saturated heterocycles. The largest absolute Gasteiger partial charge is 0.352 e. The van der Waals surface area contributed by atoms with Crippen molar-refractivity contribution in [3.05, 3.63) is 97.1 Å². The molecule has 6 nitrogen and oxygen atoms in total. The van der Waals surface area contributed by atoms with Gasteiger partial charge in [-0.3, -0.25) is 19.6 Å². The summed E-state index contributed by atoms with van der Waals surface area (Å²) < 4.78 is 0. The van der Waals surface area contributed by atoms with Crippen molar-refractivity contribution in [1.82, 2.24) is 20.2 Å². The van der Waals surface area contributed by atoms with Gasteiger partial charge < -0.3 is 10.2 Å². The predicted molar refractivity (Wildman–Crippen MR) is 128 cm³/mol. The van der Waals surface area contributed by atoms with Crippen molar-refractivity contribution in [2.24, 2.45) is 5.41 Å². The SMILES string of the molecule is C=CCNC(=O)C1(Cc2cccc(-c3cccnc3)c2)CCN(C(=O)c2cccnc2)CC1. The molecule has 1 aliphatic heterocycles. The van der Waals surface area contributed by atoms with Gasteiger partial charge in [-0.1, -0.05) is 36.4 Å². The highest BCUT2D eigenvalue weighted by atomic mass is 16.2. The van der Waals surface area contributed by atoms with E-state index in [0.717, 1.165) is 16.7 Å². The monoisotopic (exact) mass is 440 g/mol. The first-order valence-corrected chi connectivity index (χ1v) is 11.2. The van der Waals surface area contributed by atoms with Crippen molar-refractivity contribution in [1.29, 1.82) is 0 Å². The molecule has 1 fully saturated rings. The van der Waals surface area contributed by atoms with E-state index >= 15 is 0 Å². The summed E-state index contributed by atoms with van der Waals surface area (Å²) in [4.78, 5) is 36.3. The number of nitrogens with zero attached hydrogens (tertiary/aromatic N) is 3. The minimum Gasteiger partial charge on any atom is -0.352 e. The summed E-state index contributed by atoms with van der Waals surface area (Å²) in [7, 11) is 0. The Bertz CT molecular complexity index is 1110. The van der Waals surface area contributed by atoms with Crippen molar-refractivity contribution in [2.45, 2.75) is 19.3 Å². The summed E-state index contributed by atoms with van der Waals surface area (Å²) in [5, 5.41) is 3.00. The summed E-state index contributed by atoms with van der Waals surface area (Å²) >= 11 is 0. The Morgan fingerprint density at radius 2 is 1.73 bits per heavy atom. The van der Waals surface area contributed by atoms with E-state index in [9.17, 15) is 9.59 Å². The van der Waals surface area contributed by atoms with Crippen LogP contribution in [-0.4, -0.2) is 46.3 Å². The molecule has 3 heterocycles. The average Bonchev–Trinajstić information content (AvgIpc) is 2.88. The Hall–Kier alpha value is -3.80. The van der Waals surface area contributed by atoms with Gasteiger partial charge >= 0.3 is 0 Å². The lowest BCUT2D eigenvalue weighted by Crippen LogP contribution is -2.51. The van der Waals surface area contributed by atoms with Gasteiger partial charge in [0, 0.05) is 44.4 Å². The Morgan fingerprint density at radius 3 is 2.39 bits per heavy atom. The molecule has 1 aromatic carbocycles. The van der Waals surface area contributed by atoms with Crippen LogP contribution in [0.25, 0.3) is 11.1 Å². The number of pyridine rings is 2. The van der Waals surface area contributed by atoms with Gasteiger partial charge in [0.05, 0.1) is 11.0 Å². The summed E-state index contributed by atoms with van der Waals surface area (Å²) in [6, 6.07) is 15.8. The van der Waals surface area contributed by atoms with E-state index in [4.69, 9.17) is 0 Å². The molecule has 0 saturated carbocycles. The van der Waals surface area contributed by atoms with Crippen LogP contribution in [-0.2, 0) is 11.2 Å². The molecule has 0 radical (unpaired) electrons. The van der Waals surface area contributed by atoms with Crippen LogP contribution in [0.4, 0.5) is 0 Å². The molecule has 33 heavy (non-hydrogen) atoms. The van der Waals surface area contributed by atoms with Crippen LogP contribution in [0.3, 0.4) is 0 Å². The number of carbonyl (C=O) groups excluding carboxylic acids is 2. The van der Waals surface area contributed by atoms with E-state index in [0.29, 0.717) is 44.5 Å². The number of likely N-dealkylation sites (tertiary alicyclic amines) is 1. The van der Waals surface area contributed by atoms with Crippen LogP contribution in [0.1, 0.15) is 28.8 Å². The molecule has 3 aromatic rings. The van der Waals surface area contributed by atoms with Crippen LogP contribution >= 0.6 is 0 Å². The fraction of sp³-hybridized carbons (Fsp3) is 0.259. The van der Waals surface area contributed by atoms with Crippen molar-refractivity contribution >= 4 is 11.8 Å². The fourth-order valence-electron chi connectivity index (χ4n) is 4.43. The predicted octanol–water partition coefficient (Wildman–Crippen LogP) is 3.91. The smallest absolute Gasteiger partial charge is 0.255 e. The van der Waals surface area contributed by atoms with E-state index in [1.165, 1.54) is 0 Å². The number of carbonyl (C=O) groups is 2. The summed E-state index contributed by atoms with van der Waals surface area (Å²) in [6.45, 7) is 5.19. The summed E-state index contributed by atoms with van der Waals surface area (Å²) in [6.07, 6.45) is 10.3. The number of hydrogen-bond donors (Lipinski definition) is 1. The van der Waals surface area contributed by atoms with Gasteiger partial charge in [-0.05, 0) is 54.2 Å². The van der Waals surface area contributed by atoms with Crippen LogP contribution in [0, 0.1) is 5.41 Å². The van der Waals surface area contributed by atoms with Crippen molar-refractivity contribution in [2.75, 3.05) is 19.6 Å². The molecule has 2 amide bonds. The number of benzene rings is 1. The minimum atomic E-state index is -0.581. The second-order valence-corrected chi connectivity index (χ2v) is 8.43. The van der Waals surface area contributed by atoms with Crippen molar-refractivity contribution < 1.29 is 9.59 Å². The Balaban J connectivity index is 1.54. The zero-order chi connectivity index (χ0) is 23.1. The van der Waals surface area contributed by atoms with E-state index in [1.807, 2.05) is 29.3 Å². The first-order chi connectivity index (χ1) is 16.1. The molecule has 1 aliphatic rings. The number of nitrogens with one attached hydrogen (secondary N) is 1. The van der Waals surface area contributed by atoms with Gasteiger partial charge in [0.2, 0.25) is 5.91 Å². The maximum atomic E-state index is 13.3. The Morgan fingerprint density at radius 1 is 1.00 bits per heavy atom. The molecule has 0 spiro atoms. The molecule has 6 heteroatoms. The zero-order valence-electron chi connectivity index (χ0n) is 18.6. The quantitative estimate of drug-likeness (QED) is 0.565. The summed E-state index contributed by atoms with van der Waals surface area (Å²) in [5.74, 6) is -0.0237. The molecule has 168 valence electrons. The molecular weight excluding hydrogens is 412 g/mol. The van der Waals surface area contributed by atoms with Crippen LogP contribution in [0.5, 0.6) is 0 Å². The van der Waals surface area contributed by atoms with E-state index in [2.05, 4.69) is 40.1 Å². The second-order valence-electron chi connectivity index (χ2n) is 8.43. The van der Waals surface area contributed by atoms with Crippen LogP contribution < -0.4 is 5.32 Å². The molecule has 0 bridgehead atoms. The number of piperidine rings is 1. The molecule has 0 atom stereocenters. The van der Waals surface area contributed by atoms with Gasteiger partial charge in [0.25, 0.3) is 5.91 Å². The maximum absolute atomic E-state index is 13.3. The highest BCUT2D eigenvalue weighted by Gasteiger charge is 2.42. The fourth-order valence-corrected chi connectivity index (χ4v) is 4.43. The van der Waals surface area contributed by atoms with Crippen LogP contribution in [0.15, 0.2) is 86.0 Å². The minimum absolute atomic E-state index is 0.0163. The van der Waals surface area contributed by atoms with Gasteiger partial charge in [-0.25, -0.2) is 0 Å². The second kappa shape index (κ2) is 10.2. The van der Waals surface area contributed by atoms with Gasteiger partial charge in [0.1, 0.15) is 0 Å². The van der Waals surface area contributed by atoms with Crippen molar-refractivity contribution in [3.63, 3.8) is 0 Å². The first-order valence-electron chi connectivity index (χ1n) is 11.2. The van der Waals surface area contributed by atoms with Crippen LogP contribution in [0.2, 0.25) is 0 Å². The van der Waals surface area contributed by atoms with E-state index in [1.54, 1.807) is 36.8 Å². The third-order valence-corrected chi connectivity index (χ3v) is 6.27. The lowest BCUT2D eigenvalue weighted by Gasteiger charge is -2.41. The third-order valence-electron chi connectivity index (χ3n) is 6.27. The molecular formula is C27H28N4O2. The van der Waals surface area contributed by atoms with Crippen molar-refractivity contribution in [3.8, 4) is 11.1 Å². The molecule has 4 rings (SSSR count).